The molecule has 1 aromatic carbocycles. The SMILES string of the molecule is COC[C@@H]1[C@H](COC)[C@@H]2C=C(c3cccc(OC)c3)[C@H]1C2. The van der Waals surface area contributed by atoms with Crippen molar-refractivity contribution in [1.29, 1.82) is 0 Å². The van der Waals surface area contributed by atoms with E-state index in [2.05, 4.69) is 24.3 Å². The van der Waals surface area contributed by atoms with Crippen LogP contribution < -0.4 is 4.74 Å². The number of ether oxygens (including phenoxy) is 3. The van der Waals surface area contributed by atoms with E-state index in [1.807, 2.05) is 6.07 Å². The molecular formula is C18H24O3. The van der Waals surface area contributed by atoms with Gasteiger partial charge in [-0.3, -0.25) is 0 Å². The predicted molar refractivity (Wildman–Crippen MR) is 83.3 cm³/mol. The summed E-state index contributed by atoms with van der Waals surface area (Å²) >= 11 is 0. The van der Waals surface area contributed by atoms with Crippen LogP contribution >= 0.6 is 0 Å². The van der Waals surface area contributed by atoms with Gasteiger partial charge in [0.05, 0.1) is 7.11 Å². The van der Waals surface area contributed by atoms with Gasteiger partial charge in [0.15, 0.2) is 0 Å². The molecule has 4 atom stereocenters. The summed E-state index contributed by atoms with van der Waals surface area (Å²) in [6, 6.07) is 8.39. The highest BCUT2D eigenvalue weighted by molar-refractivity contribution is 5.72. The van der Waals surface area contributed by atoms with Crippen molar-refractivity contribution in [2.24, 2.45) is 23.7 Å². The Morgan fingerprint density at radius 3 is 2.52 bits per heavy atom. The molecular weight excluding hydrogens is 264 g/mol. The molecule has 1 aromatic rings. The molecule has 2 bridgehead atoms. The highest BCUT2D eigenvalue weighted by atomic mass is 16.5. The summed E-state index contributed by atoms with van der Waals surface area (Å²) in [5.74, 6) is 3.28. The zero-order chi connectivity index (χ0) is 14.8. The number of hydrogen-bond donors (Lipinski definition) is 0. The normalized spacial score (nSPS) is 30.5. The van der Waals surface area contributed by atoms with Gasteiger partial charge in [-0.1, -0.05) is 18.2 Å². The average molecular weight is 288 g/mol. The fourth-order valence-electron chi connectivity index (χ4n) is 4.15. The van der Waals surface area contributed by atoms with E-state index in [9.17, 15) is 0 Å². The van der Waals surface area contributed by atoms with Crippen molar-refractivity contribution in [3.63, 3.8) is 0 Å². The third kappa shape index (κ3) is 2.60. The van der Waals surface area contributed by atoms with Gasteiger partial charge in [-0.05, 0) is 53.4 Å². The van der Waals surface area contributed by atoms with E-state index in [1.165, 1.54) is 17.6 Å². The molecule has 1 saturated carbocycles. The van der Waals surface area contributed by atoms with Crippen molar-refractivity contribution < 1.29 is 14.2 Å². The quantitative estimate of drug-likeness (QED) is 0.804. The molecule has 0 radical (unpaired) electrons. The molecule has 3 rings (SSSR count). The van der Waals surface area contributed by atoms with Crippen molar-refractivity contribution >= 4 is 5.57 Å². The summed E-state index contributed by atoms with van der Waals surface area (Å²) in [6.07, 6.45) is 3.68. The largest absolute Gasteiger partial charge is 0.497 e. The van der Waals surface area contributed by atoms with Gasteiger partial charge in [-0.25, -0.2) is 0 Å². The number of fused-ring (bicyclic) bond motifs is 2. The molecule has 114 valence electrons. The number of allylic oxidation sites excluding steroid dienone is 2. The van der Waals surface area contributed by atoms with Crippen molar-refractivity contribution in [2.45, 2.75) is 6.42 Å². The van der Waals surface area contributed by atoms with E-state index in [0.717, 1.165) is 19.0 Å². The Hall–Kier alpha value is -1.32. The first-order valence-corrected chi connectivity index (χ1v) is 7.62. The lowest BCUT2D eigenvalue weighted by Crippen LogP contribution is -2.28. The molecule has 21 heavy (non-hydrogen) atoms. The van der Waals surface area contributed by atoms with Crippen LogP contribution in [0, 0.1) is 23.7 Å². The Labute approximate surface area is 126 Å². The number of hydrogen-bond acceptors (Lipinski definition) is 3. The Morgan fingerprint density at radius 2 is 1.81 bits per heavy atom. The topological polar surface area (TPSA) is 27.7 Å². The highest BCUT2D eigenvalue weighted by Gasteiger charge is 2.48. The van der Waals surface area contributed by atoms with Gasteiger partial charge < -0.3 is 14.2 Å². The molecule has 2 aliphatic rings. The zero-order valence-electron chi connectivity index (χ0n) is 13.0. The van der Waals surface area contributed by atoms with Crippen molar-refractivity contribution in [3.05, 3.63) is 35.9 Å². The van der Waals surface area contributed by atoms with Crippen molar-refractivity contribution in [1.82, 2.24) is 0 Å². The number of benzene rings is 1. The maximum atomic E-state index is 5.48. The van der Waals surface area contributed by atoms with Crippen LogP contribution in [0.25, 0.3) is 5.57 Å². The highest BCUT2D eigenvalue weighted by Crippen LogP contribution is 2.54. The maximum absolute atomic E-state index is 5.48. The van der Waals surface area contributed by atoms with Crippen molar-refractivity contribution in [2.75, 3.05) is 34.5 Å². The average Bonchev–Trinajstić information content (AvgIpc) is 3.08. The zero-order valence-corrected chi connectivity index (χ0v) is 13.0. The minimum atomic E-state index is 0.561. The molecule has 2 aliphatic carbocycles. The van der Waals surface area contributed by atoms with Gasteiger partial charge >= 0.3 is 0 Å². The minimum Gasteiger partial charge on any atom is -0.497 e. The summed E-state index contributed by atoms with van der Waals surface area (Å²) in [4.78, 5) is 0. The van der Waals surface area contributed by atoms with Crippen LogP contribution in [0.15, 0.2) is 30.3 Å². The number of methoxy groups -OCH3 is 3. The van der Waals surface area contributed by atoms with Crippen LogP contribution in [-0.4, -0.2) is 34.5 Å². The summed E-state index contributed by atoms with van der Waals surface area (Å²) in [5.41, 5.74) is 2.76. The van der Waals surface area contributed by atoms with Gasteiger partial charge in [0.1, 0.15) is 5.75 Å². The van der Waals surface area contributed by atoms with E-state index in [-0.39, 0.29) is 0 Å². The Morgan fingerprint density at radius 1 is 1.05 bits per heavy atom. The second kappa shape index (κ2) is 6.20. The van der Waals surface area contributed by atoms with E-state index < -0.39 is 0 Å². The van der Waals surface area contributed by atoms with Crippen molar-refractivity contribution in [3.8, 4) is 5.75 Å². The van der Waals surface area contributed by atoms with Gasteiger partial charge in [0.25, 0.3) is 0 Å². The fourth-order valence-corrected chi connectivity index (χ4v) is 4.15. The van der Waals surface area contributed by atoms with Crippen LogP contribution in [0.3, 0.4) is 0 Å². The van der Waals surface area contributed by atoms with Gasteiger partial charge in [-0.15, -0.1) is 0 Å². The predicted octanol–water partition coefficient (Wildman–Crippen LogP) is 3.25. The van der Waals surface area contributed by atoms with E-state index in [1.54, 1.807) is 21.3 Å². The fraction of sp³-hybridized carbons (Fsp3) is 0.556. The second-order valence-corrected chi connectivity index (χ2v) is 6.10. The van der Waals surface area contributed by atoms with E-state index in [4.69, 9.17) is 14.2 Å². The van der Waals surface area contributed by atoms with E-state index >= 15 is 0 Å². The minimum absolute atomic E-state index is 0.561. The van der Waals surface area contributed by atoms with Gasteiger partial charge in [0, 0.05) is 27.4 Å². The third-order valence-corrected chi connectivity index (χ3v) is 5.06. The first-order chi connectivity index (χ1) is 10.3. The third-order valence-electron chi connectivity index (χ3n) is 5.06. The molecule has 1 fully saturated rings. The monoisotopic (exact) mass is 288 g/mol. The molecule has 3 heteroatoms. The second-order valence-electron chi connectivity index (χ2n) is 6.10. The molecule has 0 heterocycles. The Bertz CT molecular complexity index is 523. The lowest BCUT2D eigenvalue weighted by Gasteiger charge is -2.30. The van der Waals surface area contributed by atoms with Crippen LogP contribution in [-0.2, 0) is 9.47 Å². The summed E-state index contributed by atoms with van der Waals surface area (Å²) in [5, 5.41) is 0. The molecule has 0 unspecified atom stereocenters. The molecule has 3 nitrogen and oxygen atoms in total. The molecule has 0 spiro atoms. The first kappa shape index (κ1) is 14.6. The summed E-state index contributed by atoms with van der Waals surface area (Å²) in [6.45, 7) is 1.65. The van der Waals surface area contributed by atoms with Crippen LogP contribution in [0.4, 0.5) is 0 Å². The summed E-state index contributed by atoms with van der Waals surface area (Å²) in [7, 11) is 5.31. The summed E-state index contributed by atoms with van der Waals surface area (Å²) < 4.78 is 16.3. The van der Waals surface area contributed by atoms with Crippen LogP contribution in [0.1, 0.15) is 12.0 Å². The Balaban J connectivity index is 1.88. The van der Waals surface area contributed by atoms with Crippen LogP contribution in [0.5, 0.6) is 5.75 Å². The number of rotatable bonds is 6. The molecule has 0 saturated heterocycles. The maximum Gasteiger partial charge on any atom is 0.119 e. The standard InChI is InChI=1S/C18H24O3/c1-19-10-17-13-8-15(16(9-13)18(17)11-20-2)12-5-4-6-14(7-12)21-3/h4-8,13,16-18H,9-11H2,1-3H3/t13-,16-,17-,18+/m1/s1. The first-order valence-electron chi connectivity index (χ1n) is 7.62. The molecule has 0 aromatic heterocycles. The molecule has 0 N–H and O–H groups in total. The molecule has 0 amide bonds. The lowest BCUT2D eigenvalue weighted by atomic mass is 9.78. The Kier molecular flexibility index (Phi) is 4.32. The van der Waals surface area contributed by atoms with E-state index in [0.29, 0.717) is 23.7 Å². The van der Waals surface area contributed by atoms with Gasteiger partial charge in [0.2, 0.25) is 0 Å². The smallest absolute Gasteiger partial charge is 0.119 e. The molecule has 0 aliphatic heterocycles. The lowest BCUT2D eigenvalue weighted by molar-refractivity contribution is 0.0663. The van der Waals surface area contributed by atoms with Gasteiger partial charge in [-0.2, -0.15) is 0 Å². The van der Waals surface area contributed by atoms with Crippen LogP contribution in [0.2, 0.25) is 0 Å².